The average molecular weight is 228 g/mol. The third-order valence-corrected chi connectivity index (χ3v) is 3.07. The van der Waals surface area contributed by atoms with E-state index in [1.165, 1.54) is 19.1 Å². The Morgan fingerprint density at radius 2 is 1.93 bits per heavy atom. The summed E-state index contributed by atoms with van der Waals surface area (Å²) >= 11 is 5.63. The van der Waals surface area contributed by atoms with Gasteiger partial charge in [-0.05, 0) is 24.6 Å². The van der Waals surface area contributed by atoms with Crippen LogP contribution in [0.15, 0.2) is 17.0 Å². The van der Waals surface area contributed by atoms with E-state index in [1.54, 1.807) is 0 Å². The standard InChI is InChI=1S/C7H8ClNO3S.Li/c1-4-5(8)2-3-6(9)7(4)13(10,11)12;/h2-3H,9H2,1H3,(H,10,11,12);/q;+1/p-1. The van der Waals surface area contributed by atoms with Crippen molar-refractivity contribution in [2.45, 2.75) is 11.8 Å². The zero-order chi connectivity index (χ0) is 10.2. The van der Waals surface area contributed by atoms with Crippen molar-refractivity contribution in [3.63, 3.8) is 0 Å². The van der Waals surface area contributed by atoms with Crippen LogP contribution in [0.2, 0.25) is 5.02 Å². The molecule has 0 amide bonds. The number of hydrogen-bond donors (Lipinski definition) is 1. The number of rotatable bonds is 1. The van der Waals surface area contributed by atoms with Gasteiger partial charge in [0.25, 0.3) is 0 Å². The number of benzene rings is 1. The van der Waals surface area contributed by atoms with Gasteiger partial charge in [0.1, 0.15) is 10.1 Å². The van der Waals surface area contributed by atoms with Gasteiger partial charge in [0, 0.05) is 10.7 Å². The van der Waals surface area contributed by atoms with Crippen LogP contribution in [-0.2, 0) is 10.1 Å². The monoisotopic (exact) mass is 227 g/mol. The Bertz CT molecular complexity index is 446. The summed E-state index contributed by atoms with van der Waals surface area (Å²) < 4.78 is 32.2. The van der Waals surface area contributed by atoms with Crippen molar-refractivity contribution < 1.29 is 31.8 Å². The molecule has 0 saturated carbocycles. The number of halogens is 1. The van der Waals surface area contributed by atoms with Gasteiger partial charge < -0.3 is 10.3 Å². The van der Waals surface area contributed by atoms with Crippen LogP contribution < -0.4 is 24.6 Å². The number of hydrogen-bond acceptors (Lipinski definition) is 4. The molecule has 0 heterocycles. The molecule has 1 aromatic rings. The van der Waals surface area contributed by atoms with E-state index < -0.39 is 15.0 Å². The zero-order valence-corrected chi connectivity index (χ0v) is 9.32. The Kier molecular flexibility index (Phi) is 4.50. The molecule has 4 nitrogen and oxygen atoms in total. The molecule has 0 unspecified atom stereocenters. The van der Waals surface area contributed by atoms with E-state index >= 15 is 0 Å². The Labute approximate surface area is 99.4 Å². The molecule has 0 aliphatic heterocycles. The van der Waals surface area contributed by atoms with E-state index in [-0.39, 0.29) is 35.1 Å². The fraction of sp³-hybridized carbons (Fsp3) is 0.143. The van der Waals surface area contributed by atoms with Crippen LogP contribution in [0.4, 0.5) is 5.69 Å². The first-order chi connectivity index (χ1) is 5.84. The molecule has 0 spiro atoms. The summed E-state index contributed by atoms with van der Waals surface area (Å²) in [4.78, 5) is -0.431. The molecule has 0 atom stereocenters. The second-order valence-corrected chi connectivity index (χ2v) is 4.27. The van der Waals surface area contributed by atoms with Crippen LogP contribution in [0.1, 0.15) is 5.56 Å². The van der Waals surface area contributed by atoms with Gasteiger partial charge in [0.2, 0.25) is 0 Å². The molecule has 1 rings (SSSR count). The molecule has 0 aliphatic rings. The number of nitrogens with two attached hydrogens (primary N) is 1. The van der Waals surface area contributed by atoms with E-state index in [1.807, 2.05) is 0 Å². The van der Waals surface area contributed by atoms with Gasteiger partial charge >= 0.3 is 18.9 Å². The summed E-state index contributed by atoms with van der Waals surface area (Å²) in [6.45, 7) is 1.43. The summed E-state index contributed by atoms with van der Waals surface area (Å²) in [7, 11) is -4.55. The molecule has 1 aromatic carbocycles. The number of nitrogen functional groups attached to an aromatic ring is 1. The minimum atomic E-state index is -4.55. The zero-order valence-electron chi connectivity index (χ0n) is 7.74. The van der Waals surface area contributed by atoms with Gasteiger partial charge in [-0.2, -0.15) is 0 Å². The second-order valence-electron chi connectivity index (χ2n) is 2.54. The van der Waals surface area contributed by atoms with Crippen molar-refractivity contribution in [3.8, 4) is 0 Å². The summed E-state index contributed by atoms with van der Waals surface area (Å²) in [5.41, 5.74) is 5.46. The van der Waals surface area contributed by atoms with Crippen LogP contribution in [0.3, 0.4) is 0 Å². The molecule has 0 aromatic heterocycles. The topological polar surface area (TPSA) is 83.2 Å². The van der Waals surface area contributed by atoms with Gasteiger partial charge in [0.05, 0.1) is 4.90 Å². The fourth-order valence-corrected chi connectivity index (χ4v) is 2.08. The Hall–Kier alpha value is -0.183. The summed E-state index contributed by atoms with van der Waals surface area (Å²) in [6, 6.07) is 2.74. The van der Waals surface area contributed by atoms with Crippen LogP contribution in [-0.4, -0.2) is 13.0 Å². The van der Waals surface area contributed by atoms with Gasteiger partial charge in [0.15, 0.2) is 0 Å². The molecular formula is C7H7ClLiNO3S. The maximum atomic E-state index is 10.7. The van der Waals surface area contributed by atoms with Crippen LogP contribution in [0, 0.1) is 6.92 Å². The predicted octanol–water partition coefficient (Wildman–Crippen LogP) is -1.86. The van der Waals surface area contributed by atoms with Crippen molar-refractivity contribution >= 4 is 27.4 Å². The summed E-state index contributed by atoms with van der Waals surface area (Å²) in [5, 5.41) is 0.212. The quantitative estimate of drug-likeness (QED) is 0.346. The Morgan fingerprint density at radius 3 is 2.29 bits per heavy atom. The van der Waals surface area contributed by atoms with E-state index in [4.69, 9.17) is 17.3 Å². The largest absolute Gasteiger partial charge is 1.00 e. The molecule has 0 aliphatic carbocycles. The minimum absolute atomic E-state index is 0. The maximum absolute atomic E-state index is 10.7. The van der Waals surface area contributed by atoms with Crippen molar-refractivity contribution in [3.05, 3.63) is 22.7 Å². The first-order valence-electron chi connectivity index (χ1n) is 3.34. The predicted molar refractivity (Wildman–Crippen MR) is 48.6 cm³/mol. The molecule has 14 heavy (non-hydrogen) atoms. The molecule has 0 radical (unpaired) electrons. The molecule has 0 saturated heterocycles. The van der Waals surface area contributed by atoms with Crippen molar-refractivity contribution in [1.82, 2.24) is 0 Å². The van der Waals surface area contributed by atoms with E-state index in [0.29, 0.717) is 0 Å². The first kappa shape index (κ1) is 13.8. The van der Waals surface area contributed by atoms with E-state index in [2.05, 4.69) is 0 Å². The van der Waals surface area contributed by atoms with Crippen LogP contribution in [0.5, 0.6) is 0 Å². The normalized spacial score (nSPS) is 10.8. The van der Waals surface area contributed by atoms with Gasteiger partial charge in [-0.1, -0.05) is 11.6 Å². The molecule has 0 fully saturated rings. The first-order valence-corrected chi connectivity index (χ1v) is 5.13. The van der Waals surface area contributed by atoms with Gasteiger partial charge in [-0.15, -0.1) is 0 Å². The molecule has 72 valence electrons. The maximum Gasteiger partial charge on any atom is 1.00 e. The average Bonchev–Trinajstić information content (AvgIpc) is 1.95. The van der Waals surface area contributed by atoms with Crippen molar-refractivity contribution in [1.29, 1.82) is 0 Å². The number of anilines is 1. The van der Waals surface area contributed by atoms with E-state index in [0.717, 1.165) is 0 Å². The SMILES string of the molecule is Cc1c(Cl)ccc(N)c1S(=O)(=O)[O-].[Li+]. The molecular weight excluding hydrogens is 221 g/mol. The molecule has 7 heteroatoms. The molecule has 0 bridgehead atoms. The smallest absolute Gasteiger partial charge is 0.744 e. The van der Waals surface area contributed by atoms with E-state index in [9.17, 15) is 13.0 Å². The molecule has 2 N–H and O–H groups in total. The minimum Gasteiger partial charge on any atom is -0.744 e. The van der Waals surface area contributed by atoms with Crippen LogP contribution in [0.25, 0.3) is 0 Å². The van der Waals surface area contributed by atoms with Gasteiger partial charge in [-0.25, -0.2) is 8.42 Å². The fourth-order valence-electron chi connectivity index (χ4n) is 1.02. The van der Waals surface area contributed by atoms with Crippen LogP contribution >= 0.6 is 11.6 Å². The third kappa shape index (κ3) is 2.66. The third-order valence-electron chi connectivity index (χ3n) is 1.62. The van der Waals surface area contributed by atoms with Gasteiger partial charge in [-0.3, -0.25) is 0 Å². The summed E-state index contributed by atoms with van der Waals surface area (Å²) in [5.74, 6) is 0. The van der Waals surface area contributed by atoms with Crippen molar-refractivity contribution in [2.75, 3.05) is 5.73 Å². The second kappa shape index (κ2) is 4.56. The van der Waals surface area contributed by atoms with Crippen molar-refractivity contribution in [2.24, 2.45) is 0 Å². The Morgan fingerprint density at radius 1 is 1.43 bits per heavy atom. The Balaban J connectivity index is 0.00000169. The summed E-state index contributed by atoms with van der Waals surface area (Å²) in [6.07, 6.45) is 0.